The Morgan fingerprint density at radius 3 is 2.89 bits per heavy atom. The number of carboxylic acids is 1. The SMILES string of the molecule is Cc1ccc2c(NC(CCOC3CC(CCc4ccc5c(n4)CCCC5)C3)C(=O)O)ncnc2c1. The van der Waals surface area contributed by atoms with Crippen LogP contribution in [0.25, 0.3) is 10.9 Å². The molecule has 1 unspecified atom stereocenters. The van der Waals surface area contributed by atoms with Crippen molar-refractivity contribution < 1.29 is 14.6 Å². The molecule has 2 aliphatic rings. The van der Waals surface area contributed by atoms with Crippen LogP contribution in [0.5, 0.6) is 0 Å². The lowest BCUT2D eigenvalue weighted by Gasteiger charge is -2.35. The molecule has 35 heavy (non-hydrogen) atoms. The number of aryl methyl sites for hydroxylation is 4. The van der Waals surface area contributed by atoms with Crippen LogP contribution in [-0.2, 0) is 28.8 Å². The van der Waals surface area contributed by atoms with E-state index in [1.165, 1.54) is 42.5 Å². The summed E-state index contributed by atoms with van der Waals surface area (Å²) in [5.41, 5.74) is 5.87. The van der Waals surface area contributed by atoms with Crippen molar-refractivity contribution in [2.24, 2.45) is 5.92 Å². The van der Waals surface area contributed by atoms with Crippen molar-refractivity contribution in [1.29, 1.82) is 0 Å². The number of hydrogen-bond donors (Lipinski definition) is 2. The van der Waals surface area contributed by atoms with Crippen LogP contribution in [0.15, 0.2) is 36.7 Å². The molecule has 0 radical (unpaired) electrons. The summed E-state index contributed by atoms with van der Waals surface area (Å²) < 4.78 is 6.00. The topological polar surface area (TPSA) is 97.2 Å². The van der Waals surface area contributed by atoms with Crippen LogP contribution in [0.3, 0.4) is 0 Å². The van der Waals surface area contributed by atoms with Gasteiger partial charge in [0.25, 0.3) is 0 Å². The van der Waals surface area contributed by atoms with Gasteiger partial charge in [-0.05, 0) is 93.5 Å². The van der Waals surface area contributed by atoms with E-state index in [9.17, 15) is 9.90 Å². The molecule has 1 fully saturated rings. The van der Waals surface area contributed by atoms with E-state index >= 15 is 0 Å². The molecule has 3 aromatic rings. The number of aliphatic carboxylic acids is 1. The summed E-state index contributed by atoms with van der Waals surface area (Å²) in [6.45, 7) is 2.41. The Hall–Kier alpha value is -3.06. The number of ether oxygens (including phenoxy) is 1. The van der Waals surface area contributed by atoms with Crippen LogP contribution >= 0.6 is 0 Å². The monoisotopic (exact) mass is 474 g/mol. The molecule has 0 bridgehead atoms. The van der Waals surface area contributed by atoms with E-state index in [4.69, 9.17) is 9.72 Å². The predicted molar refractivity (Wildman–Crippen MR) is 136 cm³/mol. The summed E-state index contributed by atoms with van der Waals surface area (Å²) in [6, 6.07) is 9.59. The third-order valence-corrected chi connectivity index (χ3v) is 7.40. The molecule has 5 rings (SSSR count). The zero-order valence-electron chi connectivity index (χ0n) is 20.4. The van der Waals surface area contributed by atoms with Gasteiger partial charge in [0.1, 0.15) is 18.2 Å². The molecule has 1 saturated carbocycles. The van der Waals surface area contributed by atoms with Crippen LogP contribution in [0, 0.1) is 12.8 Å². The Balaban J connectivity index is 1.05. The molecule has 2 aliphatic carbocycles. The van der Waals surface area contributed by atoms with E-state index in [-0.39, 0.29) is 6.10 Å². The summed E-state index contributed by atoms with van der Waals surface area (Å²) >= 11 is 0. The van der Waals surface area contributed by atoms with Gasteiger partial charge in [0.05, 0.1) is 11.6 Å². The molecule has 0 amide bonds. The van der Waals surface area contributed by atoms with Gasteiger partial charge in [0.15, 0.2) is 0 Å². The molecular weight excluding hydrogens is 440 g/mol. The number of nitrogens with zero attached hydrogens (tertiary/aromatic N) is 3. The average Bonchev–Trinajstić information content (AvgIpc) is 2.83. The highest BCUT2D eigenvalue weighted by atomic mass is 16.5. The lowest BCUT2D eigenvalue weighted by atomic mass is 9.79. The Morgan fingerprint density at radius 1 is 1.17 bits per heavy atom. The van der Waals surface area contributed by atoms with Crippen LogP contribution in [0.1, 0.15) is 61.0 Å². The summed E-state index contributed by atoms with van der Waals surface area (Å²) in [6.07, 6.45) is 11.2. The van der Waals surface area contributed by atoms with E-state index in [0.717, 1.165) is 48.6 Å². The second-order valence-corrected chi connectivity index (χ2v) is 10.1. The van der Waals surface area contributed by atoms with E-state index < -0.39 is 12.0 Å². The standard InChI is InChI=1S/C28H34N4O3/c1-18-6-11-23-26(14-18)29-17-30-27(23)32-25(28(33)34)12-13-35-22-15-19(16-22)7-9-21-10-8-20-4-2-3-5-24(20)31-21/h6,8,10-11,14,17,19,22,25H,2-5,7,9,12-13,15-16H2,1H3,(H,33,34)(H,29,30,32). The van der Waals surface area contributed by atoms with Crippen molar-refractivity contribution in [1.82, 2.24) is 15.0 Å². The molecular formula is C28H34N4O3. The van der Waals surface area contributed by atoms with Crippen LogP contribution < -0.4 is 5.32 Å². The first-order valence-corrected chi connectivity index (χ1v) is 12.8. The zero-order valence-corrected chi connectivity index (χ0v) is 20.4. The first-order valence-electron chi connectivity index (χ1n) is 12.8. The fraction of sp³-hybridized carbons (Fsp3) is 0.500. The van der Waals surface area contributed by atoms with Crippen molar-refractivity contribution in [2.45, 2.75) is 76.9 Å². The van der Waals surface area contributed by atoms with Crippen molar-refractivity contribution in [2.75, 3.05) is 11.9 Å². The number of fused-ring (bicyclic) bond motifs is 2. The number of aromatic nitrogens is 3. The molecule has 7 heteroatoms. The molecule has 0 spiro atoms. The fourth-order valence-electron chi connectivity index (χ4n) is 5.22. The minimum atomic E-state index is -0.906. The minimum Gasteiger partial charge on any atom is -0.480 e. The Bertz CT molecular complexity index is 1190. The summed E-state index contributed by atoms with van der Waals surface area (Å²) in [7, 11) is 0. The van der Waals surface area contributed by atoms with Gasteiger partial charge in [-0.2, -0.15) is 0 Å². The summed E-state index contributed by atoms with van der Waals surface area (Å²) in [4.78, 5) is 25.3. The molecule has 1 aromatic carbocycles. The van der Waals surface area contributed by atoms with Gasteiger partial charge in [-0.25, -0.2) is 14.8 Å². The van der Waals surface area contributed by atoms with Crippen molar-refractivity contribution >= 4 is 22.7 Å². The van der Waals surface area contributed by atoms with Gasteiger partial charge in [0.2, 0.25) is 0 Å². The van der Waals surface area contributed by atoms with Gasteiger partial charge in [-0.3, -0.25) is 4.98 Å². The maximum Gasteiger partial charge on any atom is 0.326 e. The van der Waals surface area contributed by atoms with E-state index in [1.807, 2.05) is 25.1 Å². The maximum atomic E-state index is 11.8. The molecule has 184 valence electrons. The molecule has 2 heterocycles. The minimum absolute atomic E-state index is 0.230. The Kier molecular flexibility index (Phi) is 7.23. The first-order chi connectivity index (χ1) is 17.0. The second kappa shape index (κ2) is 10.7. The Labute approximate surface area is 206 Å². The number of hydrogen-bond acceptors (Lipinski definition) is 6. The quantitative estimate of drug-likeness (QED) is 0.431. The van der Waals surface area contributed by atoms with Crippen molar-refractivity contribution in [3.8, 4) is 0 Å². The summed E-state index contributed by atoms with van der Waals surface area (Å²) in [5, 5.41) is 13.6. The number of carboxylic acid groups (broad SMARTS) is 1. The second-order valence-electron chi connectivity index (χ2n) is 10.1. The predicted octanol–water partition coefficient (Wildman–Crippen LogP) is 4.90. The highest BCUT2D eigenvalue weighted by Gasteiger charge is 2.30. The highest BCUT2D eigenvalue weighted by molar-refractivity contribution is 5.91. The number of carbonyl (C=O) groups is 1. The van der Waals surface area contributed by atoms with Crippen molar-refractivity contribution in [3.05, 3.63) is 59.2 Å². The number of nitrogens with one attached hydrogen (secondary N) is 1. The van der Waals surface area contributed by atoms with Crippen LogP contribution in [0.4, 0.5) is 5.82 Å². The Morgan fingerprint density at radius 2 is 2.03 bits per heavy atom. The van der Waals surface area contributed by atoms with Crippen molar-refractivity contribution in [3.63, 3.8) is 0 Å². The molecule has 1 atom stereocenters. The average molecular weight is 475 g/mol. The molecule has 7 nitrogen and oxygen atoms in total. The summed E-state index contributed by atoms with van der Waals surface area (Å²) in [5.74, 6) is 0.306. The molecule has 0 aliphatic heterocycles. The molecule has 0 saturated heterocycles. The first kappa shape index (κ1) is 23.7. The number of rotatable bonds is 10. The lowest BCUT2D eigenvalue weighted by molar-refractivity contribution is -0.138. The number of anilines is 1. The van der Waals surface area contributed by atoms with Gasteiger partial charge in [-0.15, -0.1) is 0 Å². The van der Waals surface area contributed by atoms with Crippen LogP contribution in [-0.4, -0.2) is 44.8 Å². The van der Waals surface area contributed by atoms with Gasteiger partial charge in [0, 0.05) is 29.8 Å². The largest absolute Gasteiger partial charge is 0.480 e. The van der Waals surface area contributed by atoms with Gasteiger partial charge < -0.3 is 15.2 Å². The lowest BCUT2D eigenvalue weighted by Crippen LogP contribution is -2.35. The van der Waals surface area contributed by atoms with E-state index in [2.05, 4.69) is 27.4 Å². The third-order valence-electron chi connectivity index (χ3n) is 7.40. The molecule has 2 N–H and O–H groups in total. The molecule has 2 aromatic heterocycles. The fourth-order valence-corrected chi connectivity index (χ4v) is 5.22. The van der Waals surface area contributed by atoms with Gasteiger partial charge >= 0.3 is 5.97 Å². The highest BCUT2D eigenvalue weighted by Crippen LogP contribution is 2.34. The number of pyridine rings is 1. The van der Waals surface area contributed by atoms with Crippen LogP contribution in [0.2, 0.25) is 0 Å². The zero-order chi connectivity index (χ0) is 24.2. The third kappa shape index (κ3) is 5.78. The van der Waals surface area contributed by atoms with E-state index in [0.29, 0.717) is 24.8 Å². The normalized spacial score (nSPS) is 20.1. The number of benzene rings is 1. The maximum absolute atomic E-state index is 11.8. The smallest absolute Gasteiger partial charge is 0.326 e. The van der Waals surface area contributed by atoms with E-state index in [1.54, 1.807) is 0 Å². The van der Waals surface area contributed by atoms with Gasteiger partial charge in [-0.1, -0.05) is 12.1 Å².